The first-order valence-corrected chi connectivity index (χ1v) is 4.31. The number of pyridine rings is 1. The fourth-order valence-corrected chi connectivity index (χ4v) is 1.15. The van der Waals surface area contributed by atoms with Crippen molar-refractivity contribution in [2.75, 3.05) is 0 Å². The van der Waals surface area contributed by atoms with Crippen LogP contribution in [0.3, 0.4) is 0 Å². The van der Waals surface area contributed by atoms with Gasteiger partial charge < -0.3 is 9.67 Å². The van der Waals surface area contributed by atoms with Gasteiger partial charge in [0.15, 0.2) is 6.10 Å². The first kappa shape index (κ1) is 11.8. The minimum Gasteiger partial charge on any atom is -0.379 e. The second-order valence-electron chi connectivity index (χ2n) is 3.03. The van der Waals surface area contributed by atoms with Crippen LogP contribution in [0, 0.1) is 0 Å². The molecule has 0 aliphatic heterocycles. The van der Waals surface area contributed by atoms with Crippen molar-refractivity contribution in [1.29, 1.82) is 0 Å². The average Bonchev–Trinajstić information content (AvgIpc) is 2.16. The van der Waals surface area contributed by atoms with Crippen molar-refractivity contribution in [3.05, 3.63) is 34.2 Å². The zero-order chi connectivity index (χ0) is 11.6. The van der Waals surface area contributed by atoms with Gasteiger partial charge >= 0.3 is 6.18 Å². The fourth-order valence-electron chi connectivity index (χ4n) is 1.15. The molecule has 1 rings (SSSR count). The Bertz CT molecular complexity index is 397. The minimum atomic E-state index is -4.71. The molecule has 0 fully saturated rings. The molecule has 0 amide bonds. The number of aliphatic hydroxyl groups excluding tert-OH is 1. The lowest BCUT2D eigenvalue weighted by atomic mass is 10.1. The summed E-state index contributed by atoms with van der Waals surface area (Å²) in [6, 6.07) is 1.99. The number of aliphatic hydroxyl groups is 1. The van der Waals surface area contributed by atoms with Crippen LogP contribution in [0.5, 0.6) is 0 Å². The Morgan fingerprint density at radius 3 is 2.53 bits per heavy atom. The highest BCUT2D eigenvalue weighted by Crippen LogP contribution is 2.31. The summed E-state index contributed by atoms with van der Waals surface area (Å²) in [6.07, 6.45) is -6.24. The first-order valence-electron chi connectivity index (χ1n) is 4.31. The molecule has 1 aromatic heterocycles. The molecule has 0 spiro atoms. The van der Waals surface area contributed by atoms with Crippen LogP contribution in [-0.2, 0) is 6.54 Å². The van der Waals surface area contributed by atoms with Gasteiger partial charge in [0.2, 0.25) is 0 Å². The molecule has 0 radical (unpaired) electrons. The summed E-state index contributed by atoms with van der Waals surface area (Å²) in [6.45, 7) is 1.89. The molecular formula is C9H10F3NO2. The summed E-state index contributed by atoms with van der Waals surface area (Å²) in [7, 11) is 0. The molecule has 1 atom stereocenters. The molecule has 0 aromatic carbocycles. The molecule has 0 bridgehead atoms. The molecule has 3 nitrogen and oxygen atoms in total. The zero-order valence-electron chi connectivity index (χ0n) is 7.95. The molecule has 0 saturated heterocycles. The van der Waals surface area contributed by atoms with E-state index in [9.17, 15) is 18.0 Å². The van der Waals surface area contributed by atoms with Gasteiger partial charge in [0.25, 0.3) is 5.56 Å². The predicted octanol–water partition coefficient (Wildman–Crippen LogP) is 1.46. The Kier molecular flexibility index (Phi) is 3.18. The lowest BCUT2D eigenvalue weighted by Gasteiger charge is -2.15. The second-order valence-corrected chi connectivity index (χ2v) is 3.03. The van der Waals surface area contributed by atoms with E-state index in [0.29, 0.717) is 0 Å². The summed E-state index contributed by atoms with van der Waals surface area (Å²) in [4.78, 5) is 11.1. The highest BCUT2D eigenvalue weighted by molar-refractivity contribution is 5.14. The van der Waals surface area contributed by atoms with Crippen molar-refractivity contribution in [1.82, 2.24) is 4.57 Å². The van der Waals surface area contributed by atoms with Crippen molar-refractivity contribution in [2.45, 2.75) is 25.7 Å². The molecule has 1 aromatic rings. The molecule has 1 unspecified atom stereocenters. The summed E-state index contributed by atoms with van der Waals surface area (Å²) >= 11 is 0. The molecule has 84 valence electrons. The van der Waals surface area contributed by atoms with Gasteiger partial charge in [0.1, 0.15) is 0 Å². The van der Waals surface area contributed by atoms with Crippen LogP contribution in [0.2, 0.25) is 0 Å². The van der Waals surface area contributed by atoms with E-state index >= 15 is 0 Å². The van der Waals surface area contributed by atoms with Crippen LogP contribution in [0.4, 0.5) is 13.2 Å². The molecule has 1 heterocycles. The Morgan fingerprint density at radius 1 is 1.47 bits per heavy atom. The van der Waals surface area contributed by atoms with Crippen molar-refractivity contribution < 1.29 is 18.3 Å². The highest BCUT2D eigenvalue weighted by atomic mass is 19.4. The molecule has 0 aliphatic rings. The monoisotopic (exact) mass is 221 g/mol. The van der Waals surface area contributed by atoms with Gasteiger partial charge in [-0.15, -0.1) is 0 Å². The number of alkyl halides is 3. The molecule has 15 heavy (non-hydrogen) atoms. The van der Waals surface area contributed by atoms with E-state index in [1.165, 1.54) is 0 Å². The number of aromatic nitrogens is 1. The third-order valence-corrected chi connectivity index (χ3v) is 1.97. The van der Waals surface area contributed by atoms with Gasteiger partial charge in [0.05, 0.1) is 0 Å². The summed E-state index contributed by atoms with van der Waals surface area (Å²) in [5.41, 5.74) is -0.723. The van der Waals surface area contributed by atoms with E-state index < -0.39 is 17.8 Å². The van der Waals surface area contributed by atoms with Crippen LogP contribution >= 0.6 is 0 Å². The second kappa shape index (κ2) is 4.06. The number of aryl methyl sites for hydroxylation is 1. The maximum atomic E-state index is 12.1. The van der Waals surface area contributed by atoms with E-state index in [1.807, 2.05) is 0 Å². The predicted molar refractivity (Wildman–Crippen MR) is 47.4 cm³/mol. The fraction of sp³-hybridized carbons (Fsp3) is 0.444. The summed E-state index contributed by atoms with van der Waals surface area (Å²) in [5.74, 6) is 0. The molecule has 6 heteroatoms. The number of rotatable bonds is 2. The lowest BCUT2D eigenvalue weighted by molar-refractivity contribution is -0.206. The van der Waals surface area contributed by atoms with Gasteiger partial charge in [0, 0.05) is 24.4 Å². The number of nitrogens with zero attached hydrogens (tertiary/aromatic N) is 1. The average molecular weight is 221 g/mol. The maximum Gasteiger partial charge on any atom is 0.418 e. The maximum absolute atomic E-state index is 12.1. The Morgan fingerprint density at radius 2 is 2.07 bits per heavy atom. The zero-order valence-corrected chi connectivity index (χ0v) is 7.95. The van der Waals surface area contributed by atoms with Gasteiger partial charge in [-0.2, -0.15) is 13.2 Å². The van der Waals surface area contributed by atoms with E-state index in [0.717, 1.165) is 22.9 Å². The van der Waals surface area contributed by atoms with Crippen molar-refractivity contribution in [3.8, 4) is 0 Å². The topological polar surface area (TPSA) is 42.2 Å². The van der Waals surface area contributed by atoms with E-state index in [4.69, 9.17) is 5.11 Å². The largest absolute Gasteiger partial charge is 0.418 e. The van der Waals surface area contributed by atoms with Crippen molar-refractivity contribution in [3.63, 3.8) is 0 Å². The molecule has 0 saturated carbocycles. The molecule has 1 N–H and O–H groups in total. The number of hydrogen-bond donors (Lipinski definition) is 1. The Labute approximate surface area is 83.8 Å². The van der Waals surface area contributed by atoms with Crippen LogP contribution in [0.15, 0.2) is 23.1 Å². The normalized spacial score (nSPS) is 13.9. The van der Waals surface area contributed by atoms with Crippen LogP contribution in [0.25, 0.3) is 0 Å². The standard InChI is InChI=1S/C9H10F3NO2/c1-2-13-5-6(3-4-7(13)14)8(15)9(10,11)12/h3-5,8,15H,2H2,1H3. The summed E-state index contributed by atoms with van der Waals surface area (Å²) in [5, 5.41) is 8.93. The van der Waals surface area contributed by atoms with Gasteiger partial charge in [-0.1, -0.05) is 0 Å². The van der Waals surface area contributed by atoms with E-state index in [1.54, 1.807) is 6.92 Å². The van der Waals surface area contributed by atoms with Crippen LogP contribution in [-0.4, -0.2) is 15.8 Å². The summed E-state index contributed by atoms with van der Waals surface area (Å²) < 4.78 is 37.5. The van der Waals surface area contributed by atoms with Gasteiger partial charge in [-0.05, 0) is 13.0 Å². The molecule has 0 aliphatic carbocycles. The number of hydrogen-bond acceptors (Lipinski definition) is 2. The van der Waals surface area contributed by atoms with E-state index in [-0.39, 0.29) is 12.1 Å². The quantitative estimate of drug-likeness (QED) is 0.821. The van der Waals surface area contributed by atoms with Crippen LogP contribution < -0.4 is 5.56 Å². The Balaban J connectivity index is 3.12. The highest BCUT2D eigenvalue weighted by Gasteiger charge is 2.39. The van der Waals surface area contributed by atoms with Crippen LogP contribution in [0.1, 0.15) is 18.6 Å². The third kappa shape index (κ3) is 2.59. The molecular weight excluding hydrogens is 211 g/mol. The first-order chi connectivity index (χ1) is 6.86. The van der Waals surface area contributed by atoms with E-state index in [2.05, 4.69) is 0 Å². The SMILES string of the molecule is CCn1cc(C(O)C(F)(F)F)ccc1=O. The lowest BCUT2D eigenvalue weighted by Crippen LogP contribution is -2.24. The minimum absolute atomic E-state index is 0.261. The van der Waals surface area contributed by atoms with Gasteiger partial charge in [-0.25, -0.2) is 0 Å². The Hall–Kier alpha value is -1.30. The van der Waals surface area contributed by atoms with Gasteiger partial charge in [-0.3, -0.25) is 4.79 Å². The number of halogens is 3. The smallest absolute Gasteiger partial charge is 0.379 e. The van der Waals surface area contributed by atoms with Crippen molar-refractivity contribution in [2.24, 2.45) is 0 Å². The van der Waals surface area contributed by atoms with Crippen molar-refractivity contribution >= 4 is 0 Å². The third-order valence-electron chi connectivity index (χ3n) is 1.97.